The molecule has 0 spiro atoms. The van der Waals surface area contributed by atoms with Gasteiger partial charge in [0, 0.05) is 32.7 Å². The molecule has 0 atom stereocenters. The summed E-state index contributed by atoms with van der Waals surface area (Å²) in [5.41, 5.74) is 1.07. The molecule has 0 aromatic carbocycles. The van der Waals surface area contributed by atoms with E-state index in [9.17, 15) is 0 Å². The first-order valence-electron chi connectivity index (χ1n) is 8.30. The molecule has 5 heteroatoms. The Bertz CT molecular complexity index is 419. The summed E-state index contributed by atoms with van der Waals surface area (Å²) in [5, 5.41) is 3.01. The summed E-state index contributed by atoms with van der Waals surface area (Å²) in [6.07, 6.45) is 10.5. The molecule has 2 aliphatic rings. The molecule has 3 rings (SSSR count). The molecule has 1 N–H and O–H groups in total. The molecule has 1 aromatic rings. The van der Waals surface area contributed by atoms with Crippen LogP contribution in [0.25, 0.3) is 0 Å². The highest BCUT2D eigenvalue weighted by Crippen LogP contribution is 2.21. The molecule has 2 fully saturated rings. The predicted molar refractivity (Wildman–Crippen MR) is 85.3 cm³/mol. The highest BCUT2D eigenvalue weighted by molar-refractivity contribution is 5.29. The number of nitrogens with one attached hydrogen (secondary N) is 1. The van der Waals surface area contributed by atoms with Gasteiger partial charge in [0.25, 0.3) is 0 Å². The van der Waals surface area contributed by atoms with E-state index in [1.807, 2.05) is 19.4 Å². The van der Waals surface area contributed by atoms with Crippen molar-refractivity contribution in [3.05, 3.63) is 18.1 Å². The van der Waals surface area contributed by atoms with Crippen LogP contribution in [0, 0.1) is 0 Å². The minimum atomic E-state index is 0.819. The normalized spacial score (nSPS) is 22.3. The van der Waals surface area contributed by atoms with Crippen LogP contribution in [0.2, 0.25) is 0 Å². The molecular weight excluding hydrogens is 262 g/mol. The molecule has 0 radical (unpaired) electrons. The SMILES string of the molecule is CNc1cnc(CN2CCC(N3CCCCC3)CC2)cn1. The maximum absolute atomic E-state index is 4.48. The smallest absolute Gasteiger partial charge is 0.144 e. The quantitative estimate of drug-likeness (QED) is 0.918. The van der Waals surface area contributed by atoms with Gasteiger partial charge >= 0.3 is 0 Å². The van der Waals surface area contributed by atoms with Crippen molar-refractivity contribution < 1.29 is 0 Å². The monoisotopic (exact) mass is 289 g/mol. The largest absolute Gasteiger partial charge is 0.372 e. The second-order valence-electron chi connectivity index (χ2n) is 6.25. The van der Waals surface area contributed by atoms with E-state index in [0.717, 1.165) is 24.1 Å². The second-order valence-corrected chi connectivity index (χ2v) is 6.25. The topological polar surface area (TPSA) is 44.3 Å². The van der Waals surface area contributed by atoms with E-state index in [1.165, 1.54) is 58.3 Å². The minimum Gasteiger partial charge on any atom is -0.372 e. The van der Waals surface area contributed by atoms with Crippen LogP contribution in [0.4, 0.5) is 5.82 Å². The van der Waals surface area contributed by atoms with Gasteiger partial charge in [-0.2, -0.15) is 0 Å². The average molecular weight is 289 g/mol. The number of rotatable bonds is 4. The standard InChI is InChI=1S/C16H27N5/c1-17-16-12-18-14(11-19-16)13-20-9-5-15(6-10-20)21-7-3-2-4-8-21/h11-12,15H,2-10,13H2,1H3,(H,17,19). The maximum atomic E-state index is 4.48. The van der Waals surface area contributed by atoms with Gasteiger partial charge in [0.05, 0.1) is 18.1 Å². The van der Waals surface area contributed by atoms with Crippen LogP contribution >= 0.6 is 0 Å². The fourth-order valence-corrected chi connectivity index (χ4v) is 3.52. The van der Waals surface area contributed by atoms with Crippen LogP contribution in [0.15, 0.2) is 12.4 Å². The second kappa shape index (κ2) is 7.18. The van der Waals surface area contributed by atoms with E-state index in [0.29, 0.717) is 0 Å². The van der Waals surface area contributed by atoms with Gasteiger partial charge in [-0.15, -0.1) is 0 Å². The van der Waals surface area contributed by atoms with Crippen molar-refractivity contribution in [1.29, 1.82) is 0 Å². The number of aromatic nitrogens is 2. The van der Waals surface area contributed by atoms with E-state index in [1.54, 1.807) is 0 Å². The highest BCUT2D eigenvalue weighted by atomic mass is 15.2. The number of nitrogens with zero attached hydrogens (tertiary/aromatic N) is 4. The van der Waals surface area contributed by atoms with Crippen molar-refractivity contribution in [3.8, 4) is 0 Å². The van der Waals surface area contributed by atoms with Crippen LogP contribution in [-0.2, 0) is 6.54 Å². The van der Waals surface area contributed by atoms with E-state index >= 15 is 0 Å². The lowest BCUT2D eigenvalue weighted by Crippen LogP contribution is -2.46. The fourth-order valence-electron chi connectivity index (χ4n) is 3.52. The first-order chi connectivity index (χ1) is 10.3. The third-order valence-electron chi connectivity index (χ3n) is 4.81. The minimum absolute atomic E-state index is 0.819. The van der Waals surface area contributed by atoms with E-state index in [4.69, 9.17) is 0 Å². The Kier molecular flexibility index (Phi) is 5.04. The van der Waals surface area contributed by atoms with Gasteiger partial charge in [0.2, 0.25) is 0 Å². The van der Waals surface area contributed by atoms with Crippen molar-refractivity contribution in [3.63, 3.8) is 0 Å². The lowest BCUT2D eigenvalue weighted by molar-refractivity contribution is 0.0891. The van der Waals surface area contributed by atoms with Crippen LogP contribution in [-0.4, -0.2) is 59.0 Å². The van der Waals surface area contributed by atoms with Gasteiger partial charge in [-0.3, -0.25) is 9.88 Å². The molecule has 0 aliphatic carbocycles. The van der Waals surface area contributed by atoms with Gasteiger partial charge in [-0.05, 0) is 38.8 Å². The Labute approximate surface area is 127 Å². The van der Waals surface area contributed by atoms with E-state index in [-0.39, 0.29) is 0 Å². The Morgan fingerprint density at radius 1 is 1.05 bits per heavy atom. The summed E-state index contributed by atoms with van der Waals surface area (Å²) in [4.78, 5) is 14.1. The molecule has 3 heterocycles. The Morgan fingerprint density at radius 3 is 2.43 bits per heavy atom. The van der Waals surface area contributed by atoms with Crippen molar-refractivity contribution in [2.45, 2.75) is 44.7 Å². The van der Waals surface area contributed by atoms with Crippen molar-refractivity contribution in [1.82, 2.24) is 19.8 Å². The van der Waals surface area contributed by atoms with Crippen LogP contribution < -0.4 is 5.32 Å². The number of likely N-dealkylation sites (tertiary alicyclic amines) is 2. The third kappa shape index (κ3) is 3.92. The average Bonchev–Trinajstić information content (AvgIpc) is 2.57. The zero-order valence-electron chi connectivity index (χ0n) is 13.1. The van der Waals surface area contributed by atoms with Crippen molar-refractivity contribution >= 4 is 5.82 Å². The van der Waals surface area contributed by atoms with Gasteiger partial charge in [0.1, 0.15) is 5.82 Å². The molecule has 21 heavy (non-hydrogen) atoms. The maximum Gasteiger partial charge on any atom is 0.144 e. The summed E-state index contributed by atoms with van der Waals surface area (Å²) in [6, 6.07) is 0.819. The van der Waals surface area contributed by atoms with Crippen molar-refractivity contribution in [2.75, 3.05) is 38.5 Å². The number of piperidine rings is 2. The number of anilines is 1. The van der Waals surface area contributed by atoms with E-state index < -0.39 is 0 Å². The molecule has 0 unspecified atom stereocenters. The molecule has 0 saturated carbocycles. The summed E-state index contributed by atoms with van der Waals surface area (Å²) in [7, 11) is 1.87. The lowest BCUT2D eigenvalue weighted by Gasteiger charge is -2.40. The first kappa shape index (κ1) is 14.7. The molecular formula is C16H27N5. The zero-order valence-corrected chi connectivity index (χ0v) is 13.1. The van der Waals surface area contributed by atoms with Gasteiger partial charge in [0.15, 0.2) is 0 Å². The number of hydrogen-bond donors (Lipinski definition) is 1. The third-order valence-corrected chi connectivity index (χ3v) is 4.81. The Morgan fingerprint density at radius 2 is 1.81 bits per heavy atom. The summed E-state index contributed by atoms with van der Waals surface area (Å²) in [6.45, 7) is 5.96. The van der Waals surface area contributed by atoms with Crippen molar-refractivity contribution in [2.24, 2.45) is 0 Å². The molecule has 0 amide bonds. The molecule has 2 saturated heterocycles. The van der Waals surface area contributed by atoms with Crippen LogP contribution in [0.5, 0.6) is 0 Å². The van der Waals surface area contributed by atoms with Gasteiger partial charge in [-0.1, -0.05) is 6.42 Å². The Balaban J connectivity index is 1.46. The predicted octanol–water partition coefficient (Wildman–Crippen LogP) is 1.97. The van der Waals surface area contributed by atoms with E-state index in [2.05, 4.69) is 25.1 Å². The molecule has 0 bridgehead atoms. The lowest BCUT2D eigenvalue weighted by atomic mass is 10.00. The van der Waals surface area contributed by atoms with Gasteiger partial charge in [-0.25, -0.2) is 4.98 Å². The number of hydrogen-bond acceptors (Lipinski definition) is 5. The molecule has 116 valence electrons. The molecule has 1 aromatic heterocycles. The van der Waals surface area contributed by atoms with Crippen LogP contribution in [0.1, 0.15) is 37.8 Å². The zero-order chi connectivity index (χ0) is 14.5. The summed E-state index contributed by atoms with van der Waals surface area (Å²) >= 11 is 0. The van der Waals surface area contributed by atoms with Crippen LogP contribution in [0.3, 0.4) is 0 Å². The van der Waals surface area contributed by atoms with Gasteiger partial charge < -0.3 is 10.2 Å². The highest BCUT2D eigenvalue weighted by Gasteiger charge is 2.25. The molecule has 2 aliphatic heterocycles. The molecule has 5 nitrogen and oxygen atoms in total. The summed E-state index contributed by atoms with van der Waals surface area (Å²) in [5.74, 6) is 0.836. The summed E-state index contributed by atoms with van der Waals surface area (Å²) < 4.78 is 0. The fraction of sp³-hybridized carbons (Fsp3) is 0.750. The first-order valence-corrected chi connectivity index (χ1v) is 8.30. The Hall–Kier alpha value is -1.20.